The number of ether oxygens (including phenoxy) is 2. The summed E-state index contributed by atoms with van der Waals surface area (Å²) >= 11 is 0. The van der Waals surface area contributed by atoms with Gasteiger partial charge in [-0.3, -0.25) is 4.79 Å². The van der Waals surface area contributed by atoms with Crippen LogP contribution in [0, 0.1) is 11.6 Å². The van der Waals surface area contributed by atoms with Crippen LogP contribution in [0.5, 0.6) is 11.5 Å². The third kappa shape index (κ3) is 2.62. The van der Waals surface area contributed by atoms with Gasteiger partial charge in [0.15, 0.2) is 17.3 Å². The lowest BCUT2D eigenvalue weighted by Crippen LogP contribution is -2.22. The van der Waals surface area contributed by atoms with Crippen molar-refractivity contribution in [1.29, 1.82) is 0 Å². The topological polar surface area (TPSA) is 57.5 Å². The van der Waals surface area contributed by atoms with Crippen LogP contribution in [0.15, 0.2) is 65.6 Å². The number of carbonyl (C=O) groups is 1. The van der Waals surface area contributed by atoms with E-state index in [4.69, 9.17) is 9.47 Å². The molecule has 0 N–H and O–H groups in total. The van der Waals surface area contributed by atoms with Gasteiger partial charge in [-0.1, -0.05) is 36.4 Å². The minimum Gasteiger partial charge on any atom is -0.462 e. The molecule has 7 heteroatoms. The molecule has 5 nitrogen and oxygen atoms in total. The molecule has 6 rings (SSSR count). The first-order valence-electron chi connectivity index (χ1n) is 10.4. The molecule has 0 aliphatic carbocycles. The van der Waals surface area contributed by atoms with Crippen molar-refractivity contribution in [2.75, 3.05) is 6.61 Å². The van der Waals surface area contributed by atoms with Crippen LogP contribution in [0.1, 0.15) is 17.3 Å². The number of pyridine rings is 1. The lowest BCUT2D eigenvalue weighted by Gasteiger charge is -2.25. The van der Waals surface area contributed by atoms with Crippen molar-refractivity contribution in [3.05, 3.63) is 88.2 Å². The number of aromatic nitrogens is 1. The van der Waals surface area contributed by atoms with Gasteiger partial charge in [-0.15, -0.1) is 0 Å². The minimum atomic E-state index is -1.24. The van der Waals surface area contributed by atoms with Crippen molar-refractivity contribution < 1.29 is 23.0 Å². The summed E-state index contributed by atoms with van der Waals surface area (Å²) in [7, 11) is 0. The zero-order chi connectivity index (χ0) is 22.9. The molecule has 0 bridgehead atoms. The summed E-state index contributed by atoms with van der Waals surface area (Å²) in [6.07, 6.45) is 1.30. The molecule has 1 aliphatic heterocycles. The molecule has 4 aromatic carbocycles. The van der Waals surface area contributed by atoms with E-state index in [9.17, 15) is 18.4 Å². The maximum Gasteiger partial charge on any atom is 0.343 e. The fraction of sp³-hybridized carbons (Fsp3) is 0.0769. The first-order chi connectivity index (χ1) is 16.0. The van der Waals surface area contributed by atoms with E-state index < -0.39 is 28.8 Å². The molecular formula is C26H15F2NO4. The third-order valence-corrected chi connectivity index (χ3v) is 5.95. The van der Waals surface area contributed by atoms with E-state index in [0.29, 0.717) is 16.8 Å². The number of halogens is 2. The summed E-state index contributed by atoms with van der Waals surface area (Å²) < 4.78 is 41.8. The second-order valence-corrected chi connectivity index (χ2v) is 7.76. The fourth-order valence-electron chi connectivity index (χ4n) is 4.49. The molecule has 0 fully saturated rings. The van der Waals surface area contributed by atoms with Crippen LogP contribution in [-0.4, -0.2) is 17.1 Å². The third-order valence-electron chi connectivity index (χ3n) is 5.95. The zero-order valence-corrected chi connectivity index (χ0v) is 17.3. The van der Waals surface area contributed by atoms with E-state index in [0.717, 1.165) is 22.2 Å². The van der Waals surface area contributed by atoms with Crippen molar-refractivity contribution >= 4 is 38.4 Å². The highest BCUT2D eigenvalue weighted by Crippen LogP contribution is 2.46. The second-order valence-electron chi connectivity index (χ2n) is 7.76. The van der Waals surface area contributed by atoms with Crippen molar-refractivity contribution in [2.24, 2.45) is 0 Å². The number of carbonyl (C=O) groups excluding carboxylic acids is 1. The molecule has 5 aromatic rings. The monoisotopic (exact) mass is 443 g/mol. The number of rotatable bonds is 2. The molecular weight excluding hydrogens is 428 g/mol. The zero-order valence-electron chi connectivity index (χ0n) is 17.3. The van der Waals surface area contributed by atoms with Crippen LogP contribution >= 0.6 is 0 Å². The molecule has 0 amide bonds. The SMILES string of the molecule is CCOC(=O)c1cn2c3c(c(F)c(F)cc3c1=O)Oc1c-2ccc2c1ccc1ccccc12. The maximum atomic E-state index is 14.9. The van der Waals surface area contributed by atoms with Crippen molar-refractivity contribution in [3.63, 3.8) is 0 Å². The largest absolute Gasteiger partial charge is 0.462 e. The molecule has 0 unspecified atom stereocenters. The van der Waals surface area contributed by atoms with Crippen LogP contribution in [0.3, 0.4) is 0 Å². The highest BCUT2D eigenvalue weighted by atomic mass is 19.2. The van der Waals surface area contributed by atoms with Gasteiger partial charge in [-0.05, 0) is 41.3 Å². The van der Waals surface area contributed by atoms with Gasteiger partial charge in [0, 0.05) is 11.6 Å². The standard InChI is InChI=1S/C26H15F2NO4/c1-2-32-26(31)18-12-29-20-10-9-15-14-6-4-3-5-13(14)7-8-16(15)24(20)33-25-21(28)19(27)11-17(22(25)29)23(18)30/h3-12H,2H2,1H3. The normalized spacial score (nSPS) is 12.1. The predicted molar refractivity (Wildman–Crippen MR) is 121 cm³/mol. The first-order valence-corrected chi connectivity index (χ1v) is 10.4. The molecule has 0 saturated carbocycles. The van der Waals surface area contributed by atoms with Crippen LogP contribution in [0.2, 0.25) is 0 Å². The molecule has 2 heterocycles. The minimum absolute atomic E-state index is 0.0552. The lowest BCUT2D eigenvalue weighted by atomic mass is 9.99. The van der Waals surface area contributed by atoms with Crippen molar-refractivity contribution in [3.8, 4) is 17.2 Å². The number of hydrogen-bond donors (Lipinski definition) is 0. The summed E-state index contributed by atoms with van der Waals surface area (Å²) in [5.41, 5.74) is -0.474. The van der Waals surface area contributed by atoms with Gasteiger partial charge >= 0.3 is 5.97 Å². The Morgan fingerprint density at radius 2 is 1.76 bits per heavy atom. The van der Waals surface area contributed by atoms with E-state index in [1.54, 1.807) is 13.0 Å². The van der Waals surface area contributed by atoms with Gasteiger partial charge in [-0.2, -0.15) is 4.39 Å². The first kappa shape index (κ1) is 19.4. The average Bonchev–Trinajstić information content (AvgIpc) is 2.83. The van der Waals surface area contributed by atoms with Gasteiger partial charge in [0.1, 0.15) is 11.1 Å². The molecule has 1 aromatic heterocycles. The molecule has 1 aliphatic rings. The Bertz CT molecular complexity index is 1720. The smallest absolute Gasteiger partial charge is 0.343 e. The highest BCUT2D eigenvalue weighted by molar-refractivity contribution is 6.11. The lowest BCUT2D eigenvalue weighted by molar-refractivity contribution is 0.0524. The Balaban J connectivity index is 1.76. The summed E-state index contributed by atoms with van der Waals surface area (Å²) in [4.78, 5) is 25.4. The van der Waals surface area contributed by atoms with Gasteiger partial charge in [-0.25, -0.2) is 9.18 Å². The van der Waals surface area contributed by atoms with Crippen molar-refractivity contribution in [1.82, 2.24) is 4.57 Å². The molecule has 0 saturated heterocycles. The average molecular weight is 443 g/mol. The van der Waals surface area contributed by atoms with Gasteiger partial charge in [0.25, 0.3) is 0 Å². The Kier molecular flexibility index (Phi) is 4.04. The number of benzene rings is 4. The van der Waals surface area contributed by atoms with Crippen LogP contribution in [0.4, 0.5) is 8.78 Å². The summed E-state index contributed by atoms with van der Waals surface area (Å²) in [5, 5.41) is 3.39. The van der Waals surface area contributed by atoms with E-state index in [-0.39, 0.29) is 23.1 Å². The quantitative estimate of drug-likeness (QED) is 0.249. The van der Waals surface area contributed by atoms with E-state index in [2.05, 4.69) is 0 Å². The Morgan fingerprint density at radius 3 is 2.58 bits per heavy atom. The molecule has 33 heavy (non-hydrogen) atoms. The van der Waals surface area contributed by atoms with E-state index in [1.165, 1.54) is 10.8 Å². The van der Waals surface area contributed by atoms with E-state index >= 15 is 0 Å². The maximum absolute atomic E-state index is 14.9. The summed E-state index contributed by atoms with van der Waals surface area (Å²) in [6, 6.07) is 16.0. The highest BCUT2D eigenvalue weighted by Gasteiger charge is 2.30. The van der Waals surface area contributed by atoms with Gasteiger partial charge in [0.05, 0.1) is 17.7 Å². The van der Waals surface area contributed by atoms with Gasteiger partial charge in [0.2, 0.25) is 11.2 Å². The number of hydrogen-bond acceptors (Lipinski definition) is 4. The molecule has 0 radical (unpaired) electrons. The van der Waals surface area contributed by atoms with Crippen molar-refractivity contribution in [2.45, 2.75) is 6.92 Å². The second kappa shape index (κ2) is 6.87. The Labute approximate surface area is 185 Å². The summed E-state index contributed by atoms with van der Waals surface area (Å²) in [5.74, 6) is -3.38. The Hall–Kier alpha value is -4.26. The predicted octanol–water partition coefficient (Wildman–Crippen LogP) is 5.86. The van der Waals surface area contributed by atoms with Crippen LogP contribution < -0.4 is 10.2 Å². The molecule has 0 spiro atoms. The number of esters is 1. The van der Waals surface area contributed by atoms with Crippen LogP contribution in [-0.2, 0) is 4.74 Å². The molecule has 0 atom stereocenters. The van der Waals surface area contributed by atoms with Gasteiger partial charge < -0.3 is 14.0 Å². The molecule has 162 valence electrons. The van der Waals surface area contributed by atoms with Crippen LogP contribution in [0.25, 0.3) is 38.1 Å². The van der Waals surface area contributed by atoms with E-state index in [1.807, 2.05) is 42.5 Å². The fourth-order valence-corrected chi connectivity index (χ4v) is 4.49. The summed E-state index contributed by atoms with van der Waals surface area (Å²) in [6.45, 7) is 1.68. The number of nitrogens with zero attached hydrogens (tertiary/aromatic N) is 1. The Morgan fingerprint density at radius 1 is 0.970 bits per heavy atom. The number of fused-ring (bicyclic) bond motifs is 6.